The van der Waals surface area contributed by atoms with Crippen LogP contribution < -0.4 is 0 Å². The zero-order chi connectivity index (χ0) is 17.6. The monoisotopic (exact) mass is 374 g/mol. The zero-order valence-corrected chi connectivity index (χ0v) is 13.1. The first kappa shape index (κ1) is 18.5. The molecule has 0 radical (unpaired) electrons. The Labute approximate surface area is 137 Å². The van der Waals surface area contributed by atoms with E-state index in [4.69, 9.17) is 19.5 Å². The van der Waals surface area contributed by atoms with Gasteiger partial charge in [-0.15, -0.1) is 0 Å². The van der Waals surface area contributed by atoms with E-state index in [9.17, 15) is 9.59 Å². The van der Waals surface area contributed by atoms with Crippen LogP contribution in [0.25, 0.3) is 20.9 Å². The molecule has 0 aliphatic heterocycles. The highest BCUT2D eigenvalue weighted by molar-refractivity contribution is 8.31. The van der Waals surface area contributed by atoms with E-state index in [2.05, 4.69) is 41.4 Å². The van der Waals surface area contributed by atoms with Gasteiger partial charge in [-0.05, 0) is 11.1 Å². The van der Waals surface area contributed by atoms with Crippen molar-refractivity contribution in [2.24, 2.45) is 10.2 Å². The number of fused-ring (bicyclic) bond motifs is 1. The van der Waals surface area contributed by atoms with Crippen molar-refractivity contribution >= 4 is 41.2 Å². The maximum atomic E-state index is 12.0. The van der Waals surface area contributed by atoms with E-state index >= 15 is 0 Å². The molecule has 13 heteroatoms. The number of rotatable bonds is 2. The Morgan fingerprint density at radius 1 is 0.870 bits per heavy atom. The number of hydrogen-bond acceptors (Lipinski definition) is 6. The first-order chi connectivity index (χ1) is 10.7. The first-order valence-corrected chi connectivity index (χ1v) is 8.51. The van der Waals surface area contributed by atoms with Crippen LogP contribution in [0.3, 0.4) is 0 Å². The van der Waals surface area contributed by atoms with Crippen LogP contribution in [-0.4, -0.2) is 20.0 Å². The molecule has 23 heavy (non-hydrogen) atoms. The van der Waals surface area contributed by atoms with Gasteiger partial charge in [0.15, 0.2) is 11.6 Å². The van der Waals surface area contributed by atoms with Gasteiger partial charge in [0, 0.05) is 42.3 Å². The summed E-state index contributed by atoms with van der Waals surface area (Å²) in [5.74, 6) is -1.27. The molecule has 0 unspecified atom stereocenters. The Bertz CT molecular complexity index is 846. The number of halogens is 2. The fourth-order valence-corrected chi connectivity index (χ4v) is 1.62. The van der Waals surface area contributed by atoms with Gasteiger partial charge in [0.25, 0.3) is 0 Å². The highest BCUT2D eigenvalue weighted by Crippen LogP contribution is 2.27. The van der Waals surface area contributed by atoms with Crippen molar-refractivity contribution in [2.75, 3.05) is 0 Å². The molecule has 10 nitrogen and oxygen atoms in total. The number of benzene rings is 1. The predicted octanol–water partition coefficient (Wildman–Crippen LogP) is 3.61. The van der Waals surface area contributed by atoms with Gasteiger partial charge < -0.3 is 0 Å². The number of azide groups is 2. The van der Waals surface area contributed by atoms with Crippen LogP contribution in [0.4, 0.5) is 0 Å². The standard InChI is InChI=1S/C10H4N6O2.Cl2O2S/c11-15-13-7-8(14-16-12)10(18)6-4-2-1-3-5(6)9(7)17;1-5(2,3)4/h1-4H;. The Morgan fingerprint density at radius 3 is 1.43 bits per heavy atom. The van der Waals surface area contributed by atoms with Crippen LogP contribution in [0.5, 0.6) is 0 Å². The van der Waals surface area contributed by atoms with E-state index in [1.54, 1.807) is 12.1 Å². The smallest absolute Gasteiger partial charge is 0.289 e. The lowest BCUT2D eigenvalue weighted by Crippen LogP contribution is -2.20. The van der Waals surface area contributed by atoms with E-state index in [0.29, 0.717) is 0 Å². The van der Waals surface area contributed by atoms with E-state index < -0.39 is 31.2 Å². The molecule has 0 spiro atoms. The molecule has 0 bridgehead atoms. The van der Waals surface area contributed by atoms with Gasteiger partial charge in [0.2, 0.25) is 0 Å². The zero-order valence-electron chi connectivity index (χ0n) is 10.8. The summed E-state index contributed by atoms with van der Waals surface area (Å²) in [4.78, 5) is 28.9. The van der Waals surface area contributed by atoms with Crippen molar-refractivity contribution in [3.8, 4) is 0 Å². The van der Waals surface area contributed by atoms with Crippen molar-refractivity contribution in [3.63, 3.8) is 0 Å². The molecule has 0 fully saturated rings. The second-order valence-corrected chi connectivity index (χ2v) is 7.33. The fraction of sp³-hybridized carbons (Fsp3) is 0. The minimum absolute atomic E-state index is 0.127. The molecule has 0 saturated carbocycles. The number of carbonyl (C=O) groups excluding carboxylic acids is 2. The summed E-state index contributed by atoms with van der Waals surface area (Å²) in [6.07, 6.45) is 0. The van der Waals surface area contributed by atoms with Crippen LogP contribution in [0.2, 0.25) is 0 Å². The lowest BCUT2D eigenvalue weighted by Gasteiger charge is -2.14. The number of ketones is 2. The van der Waals surface area contributed by atoms with Crippen molar-refractivity contribution in [1.29, 1.82) is 0 Å². The van der Waals surface area contributed by atoms with Gasteiger partial charge in [0.1, 0.15) is 0 Å². The Morgan fingerprint density at radius 2 is 1.17 bits per heavy atom. The molecule has 118 valence electrons. The summed E-state index contributed by atoms with van der Waals surface area (Å²) in [6.45, 7) is 0. The molecular weight excluding hydrogens is 371 g/mol. The van der Waals surface area contributed by atoms with Crippen molar-refractivity contribution in [3.05, 3.63) is 67.7 Å². The molecule has 0 saturated heterocycles. The number of nitrogens with zero attached hydrogens (tertiary/aromatic N) is 6. The second-order valence-electron chi connectivity index (χ2n) is 3.66. The molecule has 1 aliphatic rings. The highest BCUT2D eigenvalue weighted by atomic mass is 36.0. The minimum atomic E-state index is -3.72. The average molecular weight is 375 g/mol. The average Bonchev–Trinajstić information content (AvgIpc) is 2.47. The summed E-state index contributed by atoms with van der Waals surface area (Å²) in [5, 5.41) is 6.28. The maximum absolute atomic E-state index is 12.0. The molecule has 1 aromatic rings. The number of allylic oxidation sites excluding steroid dienone is 2. The third kappa shape index (κ3) is 4.99. The molecular formula is C10H4Cl2N6O4S. The number of Topliss-reactive ketones (excluding diaryl/α,β-unsaturated/α-hetero) is 2. The Hall–Kier alpha value is -2.55. The Kier molecular flexibility index (Phi) is 6.14. The topological polar surface area (TPSA) is 166 Å². The maximum Gasteiger partial charge on any atom is 0.317 e. The Balaban J connectivity index is 0.000000463. The van der Waals surface area contributed by atoms with E-state index in [1.807, 2.05) is 0 Å². The van der Waals surface area contributed by atoms with E-state index in [-0.39, 0.29) is 11.1 Å². The minimum Gasteiger partial charge on any atom is -0.289 e. The van der Waals surface area contributed by atoms with Crippen molar-refractivity contribution in [2.45, 2.75) is 0 Å². The molecule has 0 atom stereocenters. The normalized spacial score (nSPS) is 13.1. The molecule has 1 aromatic carbocycles. The molecule has 0 amide bonds. The summed E-state index contributed by atoms with van der Waals surface area (Å²) in [5.41, 5.74) is 16.1. The van der Waals surface area contributed by atoms with Crippen LogP contribution in [0, 0.1) is 0 Å². The fourth-order valence-electron chi connectivity index (χ4n) is 1.62. The van der Waals surface area contributed by atoms with E-state index in [0.717, 1.165) is 0 Å². The van der Waals surface area contributed by atoms with E-state index in [1.165, 1.54) is 12.1 Å². The van der Waals surface area contributed by atoms with Gasteiger partial charge in [-0.2, -0.15) is 8.42 Å². The lowest BCUT2D eigenvalue weighted by atomic mass is 9.91. The number of carbonyl (C=O) groups is 2. The lowest BCUT2D eigenvalue weighted by molar-refractivity contribution is 0.0972. The van der Waals surface area contributed by atoms with Crippen LogP contribution >= 0.6 is 21.4 Å². The quantitative estimate of drug-likeness (QED) is 0.333. The second kappa shape index (κ2) is 7.63. The molecule has 2 rings (SSSR count). The third-order valence-electron chi connectivity index (χ3n) is 2.36. The van der Waals surface area contributed by atoms with Gasteiger partial charge in [-0.3, -0.25) is 9.59 Å². The summed E-state index contributed by atoms with van der Waals surface area (Å²) >= 11 is 0. The van der Waals surface area contributed by atoms with Crippen LogP contribution in [0.15, 0.2) is 45.9 Å². The summed E-state index contributed by atoms with van der Waals surface area (Å²) in [6, 6.07) is 6.04. The van der Waals surface area contributed by atoms with Crippen LogP contribution in [-0.2, 0) is 8.26 Å². The first-order valence-electron chi connectivity index (χ1n) is 5.37. The van der Waals surface area contributed by atoms with Gasteiger partial charge in [-0.25, -0.2) is 0 Å². The van der Waals surface area contributed by atoms with Gasteiger partial charge in [0.05, 0.1) is 11.4 Å². The largest absolute Gasteiger partial charge is 0.317 e. The van der Waals surface area contributed by atoms with Crippen molar-refractivity contribution in [1.82, 2.24) is 0 Å². The SMILES string of the molecule is O=S(=O)(Cl)Cl.[N-]=[N+]=NC1=C(N=[N+]=[N-])C(=O)c2ccccc2C1=O. The third-order valence-corrected chi connectivity index (χ3v) is 2.36. The van der Waals surface area contributed by atoms with Crippen molar-refractivity contribution < 1.29 is 18.0 Å². The molecule has 0 N–H and O–H groups in total. The van der Waals surface area contributed by atoms with Crippen LogP contribution in [0.1, 0.15) is 20.7 Å². The number of hydrogen-bond donors (Lipinski definition) is 0. The van der Waals surface area contributed by atoms with Gasteiger partial charge in [-0.1, -0.05) is 34.5 Å². The highest BCUT2D eigenvalue weighted by Gasteiger charge is 2.30. The van der Waals surface area contributed by atoms with Gasteiger partial charge >= 0.3 is 8.26 Å². The summed E-state index contributed by atoms with van der Waals surface area (Å²) < 4.78 is 18.3. The molecule has 1 aliphatic carbocycles. The summed E-state index contributed by atoms with van der Waals surface area (Å²) in [7, 11) is 4.81. The molecule has 0 aromatic heterocycles. The predicted molar refractivity (Wildman–Crippen MR) is 81.0 cm³/mol. The molecule has 0 heterocycles.